The van der Waals surface area contributed by atoms with Gasteiger partial charge in [-0.1, -0.05) is 0 Å². The molecule has 0 radical (unpaired) electrons. The predicted molar refractivity (Wildman–Crippen MR) is 79.1 cm³/mol. The summed E-state index contributed by atoms with van der Waals surface area (Å²) < 4.78 is 5.41. The van der Waals surface area contributed by atoms with E-state index in [0.717, 1.165) is 11.8 Å². The maximum atomic E-state index is 13.2. The molecule has 1 unspecified atom stereocenters. The number of carboxylic acids is 1. The molecule has 0 aromatic heterocycles. The fraction of sp³-hybridized carbons (Fsp3) is 0.882. The van der Waals surface area contributed by atoms with Gasteiger partial charge in [0.15, 0.2) is 0 Å². The van der Waals surface area contributed by atoms with E-state index in [1.807, 2.05) is 4.90 Å². The van der Waals surface area contributed by atoms with Crippen LogP contribution in [0.3, 0.4) is 0 Å². The number of carboxylic acid groups (broad SMARTS) is 1. The number of rotatable bonds is 3. The van der Waals surface area contributed by atoms with Crippen LogP contribution in [0.15, 0.2) is 0 Å². The van der Waals surface area contributed by atoms with Crippen LogP contribution in [0.2, 0.25) is 0 Å². The molecule has 1 saturated heterocycles. The standard InChI is InChI=1S/C17H25NO4/c19-15(20)8-14-9-22-2-1-18(14)17(21)16-12-4-10-3-11(6-12)7-13(16)5-10/h10-14,16H,1-9H2,(H,19,20). The van der Waals surface area contributed by atoms with Crippen molar-refractivity contribution < 1.29 is 19.4 Å². The van der Waals surface area contributed by atoms with Crippen LogP contribution in [-0.2, 0) is 14.3 Å². The zero-order chi connectivity index (χ0) is 15.3. The summed E-state index contributed by atoms with van der Waals surface area (Å²) in [6, 6.07) is -0.282. The first kappa shape index (κ1) is 14.5. The molecule has 4 bridgehead atoms. The van der Waals surface area contributed by atoms with E-state index in [-0.39, 0.29) is 24.3 Å². The molecule has 0 aromatic carbocycles. The Balaban J connectivity index is 1.51. The maximum Gasteiger partial charge on any atom is 0.305 e. The van der Waals surface area contributed by atoms with Gasteiger partial charge in [0.2, 0.25) is 5.91 Å². The van der Waals surface area contributed by atoms with Gasteiger partial charge in [0.05, 0.1) is 25.7 Å². The zero-order valence-electron chi connectivity index (χ0n) is 12.9. The number of carbonyl (C=O) groups is 2. The first-order valence-corrected chi connectivity index (χ1v) is 8.72. The van der Waals surface area contributed by atoms with Crippen LogP contribution in [0.25, 0.3) is 0 Å². The molecule has 5 rings (SSSR count). The summed E-state index contributed by atoms with van der Waals surface area (Å²) in [4.78, 5) is 26.1. The molecule has 0 aromatic rings. The molecule has 122 valence electrons. The molecule has 1 N–H and O–H groups in total. The predicted octanol–water partition coefficient (Wildman–Crippen LogP) is 1.76. The van der Waals surface area contributed by atoms with Crippen molar-refractivity contribution >= 4 is 11.9 Å². The minimum atomic E-state index is -0.849. The highest BCUT2D eigenvalue weighted by molar-refractivity contribution is 5.81. The molecule has 22 heavy (non-hydrogen) atoms. The van der Waals surface area contributed by atoms with Crippen molar-refractivity contribution in [3.05, 3.63) is 0 Å². The van der Waals surface area contributed by atoms with Crippen LogP contribution in [0.4, 0.5) is 0 Å². The lowest BCUT2D eigenvalue weighted by molar-refractivity contribution is -0.159. The van der Waals surface area contributed by atoms with Gasteiger partial charge in [-0.2, -0.15) is 0 Å². The van der Waals surface area contributed by atoms with Gasteiger partial charge >= 0.3 is 5.97 Å². The molecule has 5 aliphatic rings. The molecule has 1 amide bonds. The van der Waals surface area contributed by atoms with Crippen LogP contribution >= 0.6 is 0 Å². The molecular weight excluding hydrogens is 282 g/mol. The number of amides is 1. The van der Waals surface area contributed by atoms with E-state index in [9.17, 15) is 9.59 Å². The fourth-order valence-electron chi connectivity index (χ4n) is 5.84. The lowest BCUT2D eigenvalue weighted by Gasteiger charge is -2.55. The second-order valence-electron chi connectivity index (χ2n) is 7.81. The van der Waals surface area contributed by atoms with Gasteiger partial charge in [-0.3, -0.25) is 9.59 Å². The normalized spacial score (nSPS) is 43.4. The summed E-state index contributed by atoms with van der Waals surface area (Å²) >= 11 is 0. The first-order valence-electron chi connectivity index (χ1n) is 8.72. The van der Waals surface area contributed by atoms with Crippen molar-refractivity contribution in [1.82, 2.24) is 4.90 Å². The lowest BCUT2D eigenvalue weighted by atomic mass is 9.51. The average molecular weight is 307 g/mol. The molecule has 0 spiro atoms. The third-order valence-electron chi connectivity index (χ3n) is 6.43. The summed E-state index contributed by atoms with van der Waals surface area (Å²) in [7, 11) is 0. The van der Waals surface area contributed by atoms with Gasteiger partial charge in [-0.05, 0) is 55.8 Å². The molecule has 4 aliphatic carbocycles. The zero-order valence-corrected chi connectivity index (χ0v) is 12.9. The molecule has 5 heteroatoms. The highest BCUT2D eigenvalue weighted by Gasteiger charge is 2.52. The molecular formula is C17H25NO4. The smallest absolute Gasteiger partial charge is 0.305 e. The van der Waals surface area contributed by atoms with Gasteiger partial charge < -0.3 is 14.7 Å². The van der Waals surface area contributed by atoms with Crippen LogP contribution in [0.5, 0.6) is 0 Å². The summed E-state index contributed by atoms with van der Waals surface area (Å²) in [5.74, 6) is 2.34. The van der Waals surface area contributed by atoms with Gasteiger partial charge in [-0.15, -0.1) is 0 Å². The highest BCUT2D eigenvalue weighted by Crippen LogP contribution is 2.57. The Morgan fingerprint density at radius 3 is 2.27 bits per heavy atom. The minimum absolute atomic E-state index is 0.000949. The molecule has 1 aliphatic heterocycles. The van der Waals surface area contributed by atoms with Crippen LogP contribution in [0, 0.1) is 29.6 Å². The van der Waals surface area contributed by atoms with Crippen molar-refractivity contribution in [1.29, 1.82) is 0 Å². The summed E-state index contributed by atoms with van der Waals surface area (Å²) in [6.45, 7) is 1.46. The highest BCUT2D eigenvalue weighted by atomic mass is 16.5. The lowest BCUT2D eigenvalue weighted by Crippen LogP contribution is -2.57. The molecule has 5 nitrogen and oxygen atoms in total. The number of aliphatic carboxylic acids is 1. The molecule has 1 heterocycles. The summed E-state index contributed by atoms with van der Waals surface area (Å²) in [6.07, 6.45) is 6.26. The van der Waals surface area contributed by atoms with E-state index in [4.69, 9.17) is 9.84 Å². The first-order chi connectivity index (χ1) is 10.6. The molecule has 1 atom stereocenters. The molecule has 4 saturated carbocycles. The Morgan fingerprint density at radius 2 is 1.68 bits per heavy atom. The van der Waals surface area contributed by atoms with Crippen molar-refractivity contribution in [3.63, 3.8) is 0 Å². The third kappa shape index (κ3) is 2.43. The van der Waals surface area contributed by atoms with E-state index >= 15 is 0 Å². The van der Waals surface area contributed by atoms with Gasteiger partial charge in [0.25, 0.3) is 0 Å². The minimum Gasteiger partial charge on any atom is -0.481 e. The average Bonchev–Trinajstić information content (AvgIpc) is 2.45. The largest absolute Gasteiger partial charge is 0.481 e. The maximum absolute atomic E-state index is 13.2. The monoisotopic (exact) mass is 307 g/mol. The topological polar surface area (TPSA) is 66.8 Å². The van der Waals surface area contributed by atoms with Crippen LogP contribution in [-0.4, -0.2) is 47.7 Å². The number of carbonyl (C=O) groups excluding carboxylic acids is 1. The van der Waals surface area contributed by atoms with Crippen molar-refractivity contribution in [2.24, 2.45) is 29.6 Å². The van der Waals surface area contributed by atoms with Crippen LogP contribution < -0.4 is 0 Å². The van der Waals surface area contributed by atoms with Crippen LogP contribution in [0.1, 0.15) is 38.5 Å². The Bertz CT molecular complexity index is 449. The SMILES string of the molecule is O=C(O)CC1COCCN1C(=O)C1C2CC3CC(C2)CC1C3. The van der Waals surface area contributed by atoms with Gasteiger partial charge in [-0.25, -0.2) is 0 Å². The number of hydrogen-bond donors (Lipinski definition) is 1. The van der Waals surface area contributed by atoms with E-state index in [1.165, 1.54) is 32.1 Å². The summed E-state index contributed by atoms with van der Waals surface area (Å²) in [5, 5.41) is 9.08. The Labute approximate surface area is 131 Å². The van der Waals surface area contributed by atoms with E-state index in [0.29, 0.717) is 31.6 Å². The number of morpholine rings is 1. The second kappa shape index (κ2) is 5.52. The second-order valence-corrected chi connectivity index (χ2v) is 7.81. The Kier molecular flexibility index (Phi) is 3.63. The fourth-order valence-corrected chi connectivity index (χ4v) is 5.84. The summed E-state index contributed by atoms with van der Waals surface area (Å²) in [5.41, 5.74) is 0. The number of hydrogen-bond acceptors (Lipinski definition) is 3. The van der Waals surface area contributed by atoms with Gasteiger partial charge in [0.1, 0.15) is 0 Å². The van der Waals surface area contributed by atoms with Gasteiger partial charge in [0, 0.05) is 12.5 Å². The van der Waals surface area contributed by atoms with E-state index in [2.05, 4.69) is 0 Å². The van der Waals surface area contributed by atoms with Crippen molar-refractivity contribution in [2.45, 2.75) is 44.6 Å². The number of ether oxygens (including phenoxy) is 1. The number of nitrogens with zero attached hydrogens (tertiary/aromatic N) is 1. The van der Waals surface area contributed by atoms with Crippen molar-refractivity contribution in [2.75, 3.05) is 19.8 Å². The molecule has 5 fully saturated rings. The Hall–Kier alpha value is -1.10. The van der Waals surface area contributed by atoms with E-state index in [1.54, 1.807) is 0 Å². The Morgan fingerprint density at radius 1 is 1.05 bits per heavy atom. The van der Waals surface area contributed by atoms with E-state index < -0.39 is 5.97 Å². The van der Waals surface area contributed by atoms with Crippen molar-refractivity contribution in [3.8, 4) is 0 Å². The quantitative estimate of drug-likeness (QED) is 0.863. The third-order valence-corrected chi connectivity index (χ3v) is 6.43.